The Balaban J connectivity index is 1.33. The van der Waals surface area contributed by atoms with E-state index in [9.17, 15) is 9.59 Å². The second-order valence-electron chi connectivity index (χ2n) is 7.56. The lowest BCUT2D eigenvalue weighted by molar-refractivity contribution is -0.123. The Bertz CT molecular complexity index is 814. The van der Waals surface area contributed by atoms with Crippen molar-refractivity contribution in [3.63, 3.8) is 0 Å². The van der Waals surface area contributed by atoms with Crippen LogP contribution in [0.4, 0.5) is 0 Å². The van der Waals surface area contributed by atoms with Gasteiger partial charge in [-0.25, -0.2) is 4.98 Å². The molecule has 1 aromatic heterocycles. The molecule has 0 aliphatic carbocycles. The summed E-state index contributed by atoms with van der Waals surface area (Å²) in [4.78, 5) is 31.2. The van der Waals surface area contributed by atoms with E-state index in [0.29, 0.717) is 31.2 Å². The van der Waals surface area contributed by atoms with Crippen molar-refractivity contribution in [2.75, 3.05) is 26.2 Å². The molecular formula is C21H26N4O3. The zero-order chi connectivity index (χ0) is 19.3. The van der Waals surface area contributed by atoms with Crippen LogP contribution in [0.2, 0.25) is 0 Å². The summed E-state index contributed by atoms with van der Waals surface area (Å²) in [6.45, 7) is 2.85. The first-order valence-corrected chi connectivity index (χ1v) is 10.0. The van der Waals surface area contributed by atoms with E-state index in [1.165, 1.54) is 6.26 Å². The van der Waals surface area contributed by atoms with E-state index in [1.54, 1.807) is 0 Å². The standard InChI is InChI=1S/C21H26N4O3/c26-19(17-9-4-10-22-17)23-12-15-6-5-11-25(13-15)21(27)18-14-28-20(24-18)16-7-2-1-3-8-16/h1-3,7-8,14-15,17,22H,4-6,9-13H2,(H,23,26). The van der Waals surface area contributed by atoms with Gasteiger partial charge in [0.05, 0.1) is 6.04 Å². The number of piperidine rings is 1. The van der Waals surface area contributed by atoms with Crippen molar-refractivity contribution in [3.05, 3.63) is 42.3 Å². The van der Waals surface area contributed by atoms with E-state index in [1.807, 2.05) is 35.2 Å². The van der Waals surface area contributed by atoms with Gasteiger partial charge in [-0.1, -0.05) is 18.2 Å². The van der Waals surface area contributed by atoms with Gasteiger partial charge in [0.15, 0.2) is 5.69 Å². The molecule has 1 aromatic carbocycles. The fourth-order valence-electron chi connectivity index (χ4n) is 3.94. The first-order valence-electron chi connectivity index (χ1n) is 10.0. The number of nitrogens with one attached hydrogen (secondary N) is 2. The Morgan fingerprint density at radius 1 is 1.21 bits per heavy atom. The molecule has 0 saturated carbocycles. The molecule has 3 heterocycles. The highest BCUT2D eigenvalue weighted by atomic mass is 16.3. The van der Waals surface area contributed by atoms with Crippen LogP contribution in [0.15, 0.2) is 41.0 Å². The van der Waals surface area contributed by atoms with Gasteiger partial charge in [0, 0.05) is 25.2 Å². The minimum Gasteiger partial charge on any atom is -0.444 e. The van der Waals surface area contributed by atoms with Crippen LogP contribution >= 0.6 is 0 Å². The molecule has 7 nitrogen and oxygen atoms in total. The number of hydrogen-bond acceptors (Lipinski definition) is 5. The largest absolute Gasteiger partial charge is 0.444 e. The lowest BCUT2D eigenvalue weighted by atomic mass is 9.97. The van der Waals surface area contributed by atoms with E-state index in [-0.39, 0.29) is 23.8 Å². The highest BCUT2D eigenvalue weighted by Crippen LogP contribution is 2.21. The first kappa shape index (κ1) is 18.7. The first-order chi connectivity index (χ1) is 13.7. The molecule has 2 amide bonds. The smallest absolute Gasteiger partial charge is 0.275 e. The van der Waals surface area contributed by atoms with E-state index < -0.39 is 0 Å². The van der Waals surface area contributed by atoms with Gasteiger partial charge < -0.3 is 20.0 Å². The molecule has 0 bridgehead atoms. The Morgan fingerprint density at radius 2 is 2.07 bits per heavy atom. The van der Waals surface area contributed by atoms with Crippen molar-refractivity contribution in [2.24, 2.45) is 5.92 Å². The predicted molar refractivity (Wildman–Crippen MR) is 105 cm³/mol. The molecule has 2 saturated heterocycles. The third kappa shape index (κ3) is 4.25. The minimum absolute atomic E-state index is 0.0622. The van der Waals surface area contributed by atoms with Crippen LogP contribution in [-0.4, -0.2) is 53.9 Å². The molecule has 0 radical (unpaired) electrons. The summed E-state index contributed by atoms with van der Waals surface area (Å²) in [5.74, 6) is 0.682. The normalized spacial score (nSPS) is 22.2. The molecule has 148 valence electrons. The van der Waals surface area contributed by atoms with Crippen LogP contribution in [0.5, 0.6) is 0 Å². The van der Waals surface area contributed by atoms with Crippen molar-refractivity contribution in [1.82, 2.24) is 20.5 Å². The van der Waals surface area contributed by atoms with Gasteiger partial charge in [-0.05, 0) is 50.3 Å². The zero-order valence-electron chi connectivity index (χ0n) is 15.9. The molecule has 2 aliphatic heterocycles. The second kappa shape index (κ2) is 8.56. The van der Waals surface area contributed by atoms with Gasteiger partial charge in [0.2, 0.25) is 11.8 Å². The molecule has 2 unspecified atom stereocenters. The quantitative estimate of drug-likeness (QED) is 0.827. The van der Waals surface area contributed by atoms with Gasteiger partial charge in [0.1, 0.15) is 6.26 Å². The van der Waals surface area contributed by atoms with Gasteiger partial charge in [-0.2, -0.15) is 0 Å². The third-order valence-corrected chi connectivity index (χ3v) is 5.49. The molecule has 2 fully saturated rings. The molecule has 2 atom stereocenters. The zero-order valence-corrected chi connectivity index (χ0v) is 15.9. The second-order valence-corrected chi connectivity index (χ2v) is 7.56. The maximum Gasteiger partial charge on any atom is 0.275 e. The number of benzene rings is 1. The lowest BCUT2D eigenvalue weighted by Crippen LogP contribution is -2.46. The number of rotatable bonds is 5. The van der Waals surface area contributed by atoms with E-state index in [4.69, 9.17) is 4.42 Å². The van der Waals surface area contributed by atoms with E-state index >= 15 is 0 Å². The molecular weight excluding hydrogens is 356 g/mol. The molecule has 2 aromatic rings. The Labute approximate surface area is 164 Å². The van der Waals surface area contributed by atoms with E-state index in [2.05, 4.69) is 15.6 Å². The van der Waals surface area contributed by atoms with E-state index in [0.717, 1.165) is 37.8 Å². The predicted octanol–water partition coefficient (Wildman–Crippen LogP) is 2.06. The van der Waals surface area contributed by atoms with Crippen LogP contribution < -0.4 is 10.6 Å². The van der Waals surface area contributed by atoms with Crippen molar-refractivity contribution in [2.45, 2.75) is 31.7 Å². The molecule has 2 aliphatic rings. The monoisotopic (exact) mass is 382 g/mol. The Kier molecular flexibility index (Phi) is 5.71. The highest BCUT2D eigenvalue weighted by molar-refractivity contribution is 5.92. The molecule has 4 rings (SSSR count). The molecule has 2 N–H and O–H groups in total. The number of aromatic nitrogens is 1. The van der Waals surface area contributed by atoms with Crippen LogP contribution in [0.3, 0.4) is 0 Å². The fraction of sp³-hybridized carbons (Fsp3) is 0.476. The average molecular weight is 382 g/mol. The number of amides is 2. The minimum atomic E-state index is -0.112. The Morgan fingerprint density at radius 3 is 2.86 bits per heavy atom. The molecule has 28 heavy (non-hydrogen) atoms. The summed E-state index contributed by atoms with van der Waals surface area (Å²) in [5.41, 5.74) is 1.18. The van der Waals surface area contributed by atoms with Crippen molar-refractivity contribution in [3.8, 4) is 11.5 Å². The summed E-state index contributed by atoms with van der Waals surface area (Å²) in [7, 11) is 0. The summed E-state index contributed by atoms with van der Waals surface area (Å²) in [6, 6.07) is 9.48. The maximum absolute atomic E-state index is 12.8. The number of likely N-dealkylation sites (tertiary alicyclic amines) is 1. The number of nitrogens with zero attached hydrogens (tertiary/aromatic N) is 2. The number of carbonyl (C=O) groups excluding carboxylic acids is 2. The fourth-order valence-corrected chi connectivity index (χ4v) is 3.94. The topological polar surface area (TPSA) is 87.5 Å². The SMILES string of the molecule is O=C(NCC1CCCN(C(=O)c2coc(-c3ccccc3)n2)C1)C1CCCN1. The molecule has 0 spiro atoms. The lowest BCUT2D eigenvalue weighted by Gasteiger charge is -2.32. The van der Waals surface area contributed by atoms with Gasteiger partial charge in [0.25, 0.3) is 5.91 Å². The van der Waals surface area contributed by atoms with Crippen LogP contribution in [0.25, 0.3) is 11.5 Å². The summed E-state index contributed by atoms with van der Waals surface area (Å²) in [6.07, 6.45) is 5.32. The summed E-state index contributed by atoms with van der Waals surface area (Å²) < 4.78 is 5.50. The number of hydrogen-bond donors (Lipinski definition) is 2. The summed E-state index contributed by atoms with van der Waals surface area (Å²) in [5, 5.41) is 6.26. The average Bonchev–Trinajstić information content (AvgIpc) is 3.45. The van der Waals surface area contributed by atoms with Crippen molar-refractivity contribution < 1.29 is 14.0 Å². The van der Waals surface area contributed by atoms with Crippen molar-refractivity contribution in [1.29, 1.82) is 0 Å². The summed E-state index contributed by atoms with van der Waals surface area (Å²) >= 11 is 0. The Hall–Kier alpha value is -2.67. The number of carbonyl (C=O) groups is 2. The number of oxazole rings is 1. The maximum atomic E-state index is 12.8. The molecule has 7 heteroatoms. The van der Waals surface area contributed by atoms with Crippen LogP contribution in [0.1, 0.15) is 36.2 Å². The highest BCUT2D eigenvalue weighted by Gasteiger charge is 2.28. The van der Waals surface area contributed by atoms with Crippen molar-refractivity contribution >= 4 is 11.8 Å². The van der Waals surface area contributed by atoms with Gasteiger partial charge >= 0.3 is 0 Å². The van der Waals surface area contributed by atoms with Crippen LogP contribution in [0, 0.1) is 5.92 Å². The third-order valence-electron chi connectivity index (χ3n) is 5.49. The van der Waals surface area contributed by atoms with Gasteiger partial charge in [-0.3, -0.25) is 9.59 Å². The van der Waals surface area contributed by atoms with Crippen LogP contribution in [-0.2, 0) is 4.79 Å². The van der Waals surface area contributed by atoms with Gasteiger partial charge in [-0.15, -0.1) is 0 Å².